The van der Waals surface area contributed by atoms with Crippen LogP contribution in [0.4, 0.5) is 4.79 Å². The fourth-order valence-electron chi connectivity index (χ4n) is 4.35. The molecule has 0 saturated heterocycles. The average Bonchev–Trinajstić information content (AvgIpc) is 3.07. The fourth-order valence-corrected chi connectivity index (χ4v) is 4.35. The van der Waals surface area contributed by atoms with Crippen molar-refractivity contribution in [1.29, 1.82) is 0 Å². The Bertz CT molecular complexity index is 907. The summed E-state index contributed by atoms with van der Waals surface area (Å²) >= 11 is 0. The van der Waals surface area contributed by atoms with E-state index in [0.717, 1.165) is 30.5 Å². The molecule has 2 heterocycles. The molecule has 0 unspecified atom stereocenters. The molecule has 1 saturated carbocycles. The molecule has 0 atom stereocenters. The van der Waals surface area contributed by atoms with Crippen molar-refractivity contribution < 1.29 is 14.3 Å². The van der Waals surface area contributed by atoms with Crippen molar-refractivity contribution in [3.8, 4) is 0 Å². The Balaban J connectivity index is 1.54. The topological polar surface area (TPSA) is 63.6 Å². The molecule has 6 heteroatoms. The van der Waals surface area contributed by atoms with Crippen LogP contribution in [0, 0.1) is 0 Å². The number of fused-ring (bicyclic) bond motifs is 2. The molecule has 1 aliphatic heterocycles. The molecular formula is C23H29N3O3. The second kappa shape index (κ2) is 7.25. The SMILES string of the molecule is CC(C)(C)OC(=O)N1CCn2c(C(=O)NCc3ccccc3)ccc2C12CCC2. The molecule has 1 aromatic carbocycles. The first-order valence-corrected chi connectivity index (χ1v) is 10.3. The van der Waals surface area contributed by atoms with E-state index in [1.54, 1.807) is 0 Å². The second-order valence-electron chi connectivity index (χ2n) is 8.94. The van der Waals surface area contributed by atoms with Gasteiger partial charge in [0.2, 0.25) is 0 Å². The van der Waals surface area contributed by atoms with Crippen LogP contribution in [0.15, 0.2) is 42.5 Å². The third-order valence-corrected chi connectivity index (χ3v) is 5.84. The monoisotopic (exact) mass is 395 g/mol. The van der Waals surface area contributed by atoms with Crippen molar-refractivity contribution >= 4 is 12.0 Å². The van der Waals surface area contributed by atoms with Crippen LogP contribution in [0.5, 0.6) is 0 Å². The van der Waals surface area contributed by atoms with Gasteiger partial charge in [-0.05, 0) is 57.7 Å². The zero-order valence-electron chi connectivity index (χ0n) is 17.4. The summed E-state index contributed by atoms with van der Waals surface area (Å²) < 4.78 is 7.75. The van der Waals surface area contributed by atoms with E-state index in [1.807, 2.05) is 68.1 Å². The smallest absolute Gasteiger partial charge is 0.411 e. The molecule has 1 aliphatic carbocycles. The maximum absolute atomic E-state index is 12.8. The van der Waals surface area contributed by atoms with Crippen LogP contribution in [0.2, 0.25) is 0 Å². The first-order valence-electron chi connectivity index (χ1n) is 10.3. The average molecular weight is 396 g/mol. The first-order chi connectivity index (χ1) is 13.8. The quantitative estimate of drug-likeness (QED) is 0.853. The van der Waals surface area contributed by atoms with Crippen LogP contribution < -0.4 is 5.32 Å². The number of ether oxygens (including phenoxy) is 1. The highest BCUT2D eigenvalue weighted by Crippen LogP contribution is 2.49. The first kappa shape index (κ1) is 19.6. The summed E-state index contributed by atoms with van der Waals surface area (Å²) in [4.78, 5) is 27.6. The van der Waals surface area contributed by atoms with Crippen molar-refractivity contribution in [3.05, 3.63) is 59.4 Å². The number of carbonyl (C=O) groups is 2. The Kier molecular flexibility index (Phi) is 4.89. The lowest BCUT2D eigenvalue weighted by atomic mass is 9.72. The summed E-state index contributed by atoms with van der Waals surface area (Å²) in [5.74, 6) is -0.0831. The van der Waals surface area contributed by atoms with Gasteiger partial charge < -0.3 is 14.6 Å². The van der Waals surface area contributed by atoms with Gasteiger partial charge >= 0.3 is 6.09 Å². The normalized spacial score (nSPS) is 17.4. The van der Waals surface area contributed by atoms with E-state index in [9.17, 15) is 9.59 Å². The molecule has 2 aliphatic rings. The number of amides is 2. The van der Waals surface area contributed by atoms with Crippen molar-refractivity contribution in [2.75, 3.05) is 6.54 Å². The summed E-state index contributed by atoms with van der Waals surface area (Å²) in [6, 6.07) is 13.8. The summed E-state index contributed by atoms with van der Waals surface area (Å²) in [7, 11) is 0. The number of hydrogen-bond acceptors (Lipinski definition) is 3. The summed E-state index contributed by atoms with van der Waals surface area (Å²) in [6.07, 6.45) is 2.61. The molecule has 0 radical (unpaired) electrons. The van der Waals surface area contributed by atoms with E-state index in [4.69, 9.17) is 4.74 Å². The predicted octanol–water partition coefficient (Wildman–Crippen LogP) is 4.05. The van der Waals surface area contributed by atoms with E-state index < -0.39 is 5.60 Å². The van der Waals surface area contributed by atoms with E-state index in [-0.39, 0.29) is 17.5 Å². The lowest BCUT2D eigenvalue weighted by Gasteiger charge is -2.53. The van der Waals surface area contributed by atoms with Gasteiger partial charge in [0.25, 0.3) is 5.91 Å². The van der Waals surface area contributed by atoms with E-state index >= 15 is 0 Å². The zero-order chi connectivity index (χ0) is 20.6. The summed E-state index contributed by atoms with van der Waals surface area (Å²) in [6.45, 7) is 7.31. The van der Waals surface area contributed by atoms with Gasteiger partial charge in [-0.15, -0.1) is 0 Å². The molecule has 154 valence electrons. The highest BCUT2D eigenvalue weighted by atomic mass is 16.6. The maximum Gasteiger partial charge on any atom is 0.411 e. The fraction of sp³-hybridized carbons (Fsp3) is 0.478. The van der Waals surface area contributed by atoms with Gasteiger partial charge in [0.05, 0.1) is 5.54 Å². The van der Waals surface area contributed by atoms with Crippen LogP contribution in [0.25, 0.3) is 0 Å². The number of hydrogen-bond donors (Lipinski definition) is 1. The Morgan fingerprint density at radius 1 is 1.07 bits per heavy atom. The molecule has 4 rings (SSSR count). The van der Waals surface area contributed by atoms with Crippen molar-refractivity contribution in [2.45, 2.75) is 64.3 Å². The van der Waals surface area contributed by atoms with Crippen LogP contribution in [-0.4, -0.2) is 33.6 Å². The Morgan fingerprint density at radius 2 is 1.79 bits per heavy atom. The molecule has 2 aromatic rings. The standard InChI is InChI=1S/C23H29N3O3/c1-22(2,3)29-21(28)26-15-14-25-18(10-11-19(25)23(26)12-7-13-23)20(27)24-16-17-8-5-4-6-9-17/h4-6,8-11H,7,12-16H2,1-3H3,(H,24,27). The van der Waals surface area contributed by atoms with E-state index in [1.165, 1.54) is 0 Å². The van der Waals surface area contributed by atoms with Crippen molar-refractivity contribution in [2.24, 2.45) is 0 Å². The Hall–Kier alpha value is -2.76. The Morgan fingerprint density at radius 3 is 2.41 bits per heavy atom. The molecule has 1 aromatic heterocycles. The van der Waals surface area contributed by atoms with Gasteiger partial charge in [-0.25, -0.2) is 4.79 Å². The number of carbonyl (C=O) groups excluding carboxylic acids is 2. The molecule has 1 fully saturated rings. The molecule has 1 spiro atoms. The largest absolute Gasteiger partial charge is 0.444 e. The third kappa shape index (κ3) is 3.63. The van der Waals surface area contributed by atoms with Crippen molar-refractivity contribution in [3.63, 3.8) is 0 Å². The number of nitrogens with one attached hydrogen (secondary N) is 1. The lowest BCUT2D eigenvalue weighted by molar-refractivity contribution is -0.0426. The number of benzene rings is 1. The van der Waals surface area contributed by atoms with Crippen LogP contribution in [0.3, 0.4) is 0 Å². The highest BCUT2D eigenvalue weighted by molar-refractivity contribution is 5.93. The molecule has 1 N–H and O–H groups in total. The second-order valence-corrected chi connectivity index (χ2v) is 8.94. The summed E-state index contributed by atoms with van der Waals surface area (Å²) in [5, 5.41) is 3.01. The van der Waals surface area contributed by atoms with Crippen LogP contribution in [-0.2, 0) is 23.4 Å². The van der Waals surface area contributed by atoms with Gasteiger partial charge in [0.15, 0.2) is 0 Å². The predicted molar refractivity (Wildman–Crippen MR) is 111 cm³/mol. The number of aromatic nitrogens is 1. The van der Waals surface area contributed by atoms with Gasteiger partial charge in [-0.3, -0.25) is 9.69 Å². The zero-order valence-corrected chi connectivity index (χ0v) is 17.4. The molecule has 29 heavy (non-hydrogen) atoms. The third-order valence-electron chi connectivity index (χ3n) is 5.84. The van der Waals surface area contributed by atoms with Gasteiger partial charge in [0, 0.05) is 25.3 Å². The highest BCUT2D eigenvalue weighted by Gasteiger charge is 2.51. The minimum atomic E-state index is -0.524. The van der Waals surface area contributed by atoms with E-state index in [0.29, 0.717) is 25.3 Å². The number of nitrogens with zero attached hydrogens (tertiary/aromatic N) is 2. The summed E-state index contributed by atoms with van der Waals surface area (Å²) in [5.41, 5.74) is 1.90. The van der Waals surface area contributed by atoms with Gasteiger partial charge in [0.1, 0.15) is 11.3 Å². The van der Waals surface area contributed by atoms with E-state index in [2.05, 4.69) is 9.88 Å². The van der Waals surface area contributed by atoms with Gasteiger partial charge in [-0.1, -0.05) is 30.3 Å². The number of rotatable bonds is 3. The minimum absolute atomic E-state index is 0.0831. The molecule has 2 amide bonds. The minimum Gasteiger partial charge on any atom is -0.444 e. The molecule has 6 nitrogen and oxygen atoms in total. The molecular weight excluding hydrogens is 366 g/mol. The van der Waals surface area contributed by atoms with Crippen LogP contribution >= 0.6 is 0 Å². The maximum atomic E-state index is 12.8. The Labute approximate surface area is 171 Å². The van der Waals surface area contributed by atoms with Crippen molar-refractivity contribution in [1.82, 2.24) is 14.8 Å². The van der Waals surface area contributed by atoms with Gasteiger partial charge in [-0.2, -0.15) is 0 Å². The lowest BCUT2D eigenvalue weighted by Crippen LogP contribution is -2.59. The van der Waals surface area contributed by atoms with Crippen LogP contribution in [0.1, 0.15) is 61.8 Å². The molecule has 0 bridgehead atoms.